The fourth-order valence-electron chi connectivity index (χ4n) is 2.46. The highest BCUT2D eigenvalue weighted by Crippen LogP contribution is 2.28. The molecule has 1 aromatic heterocycles. The van der Waals surface area contributed by atoms with Gasteiger partial charge in [-0.05, 0) is 31.5 Å². The van der Waals surface area contributed by atoms with E-state index in [4.69, 9.17) is 4.52 Å². The third-order valence-corrected chi connectivity index (χ3v) is 4.95. The van der Waals surface area contributed by atoms with Crippen LogP contribution in [0.5, 0.6) is 0 Å². The molecule has 27 heavy (non-hydrogen) atoms. The zero-order valence-corrected chi connectivity index (χ0v) is 15.6. The molecule has 138 valence electrons. The fourth-order valence-corrected chi connectivity index (χ4v) is 3.39. The summed E-state index contributed by atoms with van der Waals surface area (Å²) in [6, 6.07) is 13.4. The molecule has 1 amide bonds. The summed E-state index contributed by atoms with van der Waals surface area (Å²) in [7, 11) is 0. The Labute approximate surface area is 159 Å². The van der Waals surface area contributed by atoms with Crippen molar-refractivity contribution < 1.29 is 14.2 Å². The summed E-state index contributed by atoms with van der Waals surface area (Å²) in [5.74, 6) is 0.943. The molecule has 3 aromatic rings. The maximum absolute atomic E-state index is 12.8. The van der Waals surface area contributed by atoms with Gasteiger partial charge in [0.05, 0.1) is 27.6 Å². The van der Waals surface area contributed by atoms with Crippen LogP contribution in [-0.4, -0.2) is 16.0 Å². The number of benzene rings is 2. The summed E-state index contributed by atoms with van der Waals surface area (Å²) in [5.41, 5.74) is 2.39. The number of aryl methyl sites for hydroxylation is 2. The molecule has 0 aliphatic heterocycles. The predicted molar refractivity (Wildman–Crippen MR) is 103 cm³/mol. The molecule has 0 spiro atoms. The summed E-state index contributed by atoms with van der Waals surface area (Å²) in [5, 5.41) is 17.6. The lowest BCUT2D eigenvalue weighted by atomic mass is 10.1. The molecule has 0 atom stereocenters. The maximum Gasteiger partial charge on any atom is 0.271 e. The summed E-state index contributed by atoms with van der Waals surface area (Å²) in [6.45, 7) is 3.63. The first-order chi connectivity index (χ1) is 12.9. The van der Waals surface area contributed by atoms with E-state index in [0.717, 1.165) is 21.9 Å². The quantitative estimate of drug-likeness (QED) is 0.375. The van der Waals surface area contributed by atoms with E-state index < -0.39 is 4.92 Å². The number of hydrogen-bond acceptors (Lipinski definition) is 6. The van der Waals surface area contributed by atoms with Crippen LogP contribution in [0.15, 0.2) is 57.9 Å². The number of thioether (sulfide) groups is 1. The van der Waals surface area contributed by atoms with Crippen LogP contribution in [0, 0.1) is 24.0 Å². The average molecular weight is 383 g/mol. The summed E-state index contributed by atoms with van der Waals surface area (Å²) < 4.78 is 5.20. The second kappa shape index (κ2) is 8.05. The van der Waals surface area contributed by atoms with Gasteiger partial charge in [-0.3, -0.25) is 14.9 Å². The van der Waals surface area contributed by atoms with Crippen molar-refractivity contribution in [2.75, 3.05) is 5.32 Å². The van der Waals surface area contributed by atoms with Crippen LogP contribution in [0.4, 0.5) is 11.4 Å². The summed E-state index contributed by atoms with van der Waals surface area (Å²) in [6.07, 6.45) is 0. The number of hydrogen-bond donors (Lipinski definition) is 1. The van der Waals surface area contributed by atoms with Crippen molar-refractivity contribution in [1.29, 1.82) is 0 Å². The molecule has 0 radical (unpaired) electrons. The number of rotatable bonds is 6. The van der Waals surface area contributed by atoms with Gasteiger partial charge in [0.15, 0.2) is 0 Å². The number of nitro benzene ring substituents is 1. The lowest BCUT2D eigenvalue weighted by Gasteiger charge is -2.11. The lowest BCUT2D eigenvalue weighted by Crippen LogP contribution is -2.14. The minimum absolute atomic E-state index is 0.0701. The largest absolute Gasteiger partial charge is 0.360 e. The zero-order valence-electron chi connectivity index (χ0n) is 14.8. The Morgan fingerprint density at radius 1 is 1.22 bits per heavy atom. The van der Waals surface area contributed by atoms with Crippen LogP contribution >= 0.6 is 11.8 Å². The molecule has 8 heteroatoms. The normalized spacial score (nSPS) is 10.6. The van der Waals surface area contributed by atoms with Crippen molar-refractivity contribution in [2.45, 2.75) is 24.5 Å². The van der Waals surface area contributed by atoms with E-state index in [0.29, 0.717) is 17.0 Å². The number of non-ortho nitro benzene ring substituents is 1. The van der Waals surface area contributed by atoms with Crippen LogP contribution in [0.25, 0.3) is 0 Å². The first-order valence-corrected chi connectivity index (χ1v) is 9.13. The topological polar surface area (TPSA) is 98.3 Å². The third-order valence-electron chi connectivity index (χ3n) is 3.86. The van der Waals surface area contributed by atoms with Gasteiger partial charge in [-0.1, -0.05) is 23.4 Å². The molecular weight excluding hydrogens is 366 g/mol. The average Bonchev–Trinajstić information content (AvgIpc) is 3.07. The Kier molecular flexibility index (Phi) is 5.56. The predicted octanol–water partition coefficient (Wildman–Crippen LogP) is 4.74. The Bertz CT molecular complexity index is 1000. The molecule has 7 nitrogen and oxygen atoms in total. The van der Waals surface area contributed by atoms with E-state index in [9.17, 15) is 14.9 Å². The number of nitro groups is 1. The van der Waals surface area contributed by atoms with Crippen LogP contribution in [0.3, 0.4) is 0 Å². The molecule has 0 bridgehead atoms. The van der Waals surface area contributed by atoms with E-state index in [1.807, 2.05) is 25.1 Å². The van der Waals surface area contributed by atoms with Crippen molar-refractivity contribution in [3.8, 4) is 0 Å². The van der Waals surface area contributed by atoms with Gasteiger partial charge in [-0.25, -0.2) is 0 Å². The van der Waals surface area contributed by atoms with Crippen molar-refractivity contribution in [3.63, 3.8) is 0 Å². The lowest BCUT2D eigenvalue weighted by molar-refractivity contribution is -0.384. The summed E-state index contributed by atoms with van der Waals surface area (Å²) >= 11 is 1.46. The number of nitrogens with zero attached hydrogens (tertiary/aromatic N) is 2. The number of carbonyl (C=O) groups excluding carboxylic acids is 1. The van der Waals surface area contributed by atoms with E-state index in [1.54, 1.807) is 25.1 Å². The molecule has 3 rings (SSSR count). The Balaban J connectivity index is 1.79. The van der Waals surface area contributed by atoms with Gasteiger partial charge >= 0.3 is 0 Å². The molecule has 0 saturated carbocycles. The van der Waals surface area contributed by atoms with E-state index in [-0.39, 0.29) is 11.6 Å². The standard InChI is InChI=1S/C19H17N3O4S/c1-12-7-8-14(22(24)25)10-17(12)20-19(23)16-5-3-4-6-18(16)27-11-15-9-13(2)21-26-15/h3-10H,11H2,1-2H3,(H,20,23). The second-order valence-electron chi connectivity index (χ2n) is 5.93. The van der Waals surface area contributed by atoms with Gasteiger partial charge in [0.2, 0.25) is 0 Å². The van der Waals surface area contributed by atoms with Gasteiger partial charge < -0.3 is 9.84 Å². The van der Waals surface area contributed by atoms with Gasteiger partial charge in [-0.2, -0.15) is 0 Å². The monoisotopic (exact) mass is 383 g/mol. The van der Waals surface area contributed by atoms with E-state index >= 15 is 0 Å². The van der Waals surface area contributed by atoms with Crippen LogP contribution < -0.4 is 5.32 Å². The molecule has 0 fully saturated rings. The second-order valence-corrected chi connectivity index (χ2v) is 6.95. The van der Waals surface area contributed by atoms with Crippen molar-refractivity contribution in [1.82, 2.24) is 5.16 Å². The molecule has 1 N–H and O–H groups in total. The number of aromatic nitrogens is 1. The fraction of sp³-hybridized carbons (Fsp3) is 0.158. The highest BCUT2D eigenvalue weighted by molar-refractivity contribution is 7.98. The molecule has 0 unspecified atom stereocenters. The molecular formula is C19H17N3O4S. The molecule has 1 heterocycles. The Morgan fingerprint density at radius 2 is 2.00 bits per heavy atom. The van der Waals surface area contributed by atoms with Crippen molar-refractivity contribution in [2.24, 2.45) is 0 Å². The highest BCUT2D eigenvalue weighted by Gasteiger charge is 2.15. The van der Waals surface area contributed by atoms with Gasteiger partial charge in [0, 0.05) is 23.1 Å². The van der Waals surface area contributed by atoms with Crippen LogP contribution in [0.1, 0.15) is 27.4 Å². The van der Waals surface area contributed by atoms with Gasteiger partial charge in [-0.15, -0.1) is 11.8 Å². The summed E-state index contributed by atoms with van der Waals surface area (Å²) in [4.78, 5) is 24.0. The Morgan fingerprint density at radius 3 is 2.70 bits per heavy atom. The number of carbonyl (C=O) groups is 1. The molecule has 0 aliphatic carbocycles. The number of amides is 1. The van der Waals surface area contributed by atoms with Crippen molar-refractivity contribution in [3.05, 3.63) is 81.2 Å². The zero-order chi connectivity index (χ0) is 19.4. The van der Waals surface area contributed by atoms with Gasteiger partial charge in [0.1, 0.15) is 5.76 Å². The minimum Gasteiger partial charge on any atom is -0.360 e. The van der Waals surface area contributed by atoms with Crippen molar-refractivity contribution >= 4 is 29.0 Å². The smallest absolute Gasteiger partial charge is 0.271 e. The van der Waals surface area contributed by atoms with Crippen LogP contribution in [0.2, 0.25) is 0 Å². The molecule has 0 aliphatic rings. The minimum atomic E-state index is -0.488. The van der Waals surface area contributed by atoms with Gasteiger partial charge in [0.25, 0.3) is 11.6 Å². The highest BCUT2D eigenvalue weighted by atomic mass is 32.2. The van der Waals surface area contributed by atoms with E-state index in [2.05, 4.69) is 10.5 Å². The van der Waals surface area contributed by atoms with Crippen LogP contribution in [-0.2, 0) is 5.75 Å². The Hall–Kier alpha value is -3.13. The number of anilines is 1. The maximum atomic E-state index is 12.8. The first kappa shape index (κ1) is 18.7. The number of nitrogens with one attached hydrogen (secondary N) is 1. The van der Waals surface area contributed by atoms with E-state index in [1.165, 1.54) is 23.9 Å². The first-order valence-electron chi connectivity index (χ1n) is 8.14. The SMILES string of the molecule is Cc1cc(CSc2ccccc2C(=O)Nc2cc([N+](=O)[O-])ccc2C)on1. The molecule has 0 saturated heterocycles. The molecule has 2 aromatic carbocycles. The third kappa shape index (κ3) is 4.53.